The summed E-state index contributed by atoms with van der Waals surface area (Å²) in [5.41, 5.74) is 2.24. The minimum Gasteiger partial charge on any atom is -0.504 e. The van der Waals surface area contributed by atoms with Crippen LogP contribution >= 0.6 is 0 Å². The fourth-order valence-corrected chi connectivity index (χ4v) is 2.63. The molecule has 3 heteroatoms. The van der Waals surface area contributed by atoms with Gasteiger partial charge in [0, 0.05) is 0 Å². The molecule has 0 saturated heterocycles. The minimum atomic E-state index is -0.00831. The van der Waals surface area contributed by atoms with Crippen molar-refractivity contribution >= 4 is 0 Å². The molecule has 1 unspecified atom stereocenters. The predicted octanol–water partition coefficient (Wildman–Crippen LogP) is 4.25. The summed E-state index contributed by atoms with van der Waals surface area (Å²) in [6.45, 7) is 2.65. The Morgan fingerprint density at radius 3 is 2.90 bits per heavy atom. The van der Waals surface area contributed by atoms with E-state index in [1.54, 1.807) is 6.07 Å². The zero-order valence-electron chi connectivity index (χ0n) is 12.2. The molecule has 0 radical (unpaired) electrons. The molecular formula is C18H20O3. The number of benzene rings is 2. The molecule has 1 aliphatic rings. The molecule has 0 fully saturated rings. The van der Waals surface area contributed by atoms with Gasteiger partial charge in [-0.2, -0.15) is 0 Å². The summed E-state index contributed by atoms with van der Waals surface area (Å²) >= 11 is 0. The van der Waals surface area contributed by atoms with Gasteiger partial charge in [-0.25, -0.2) is 0 Å². The molecule has 3 nitrogen and oxygen atoms in total. The van der Waals surface area contributed by atoms with Crippen molar-refractivity contribution in [3.8, 4) is 17.2 Å². The Bertz CT molecular complexity index is 622. The number of phenols is 1. The van der Waals surface area contributed by atoms with E-state index in [-0.39, 0.29) is 11.9 Å². The quantitative estimate of drug-likeness (QED) is 0.912. The third-order valence-electron chi connectivity index (χ3n) is 3.73. The number of rotatable bonds is 4. The Balaban J connectivity index is 1.78. The number of hydrogen-bond donors (Lipinski definition) is 1. The fourth-order valence-electron chi connectivity index (χ4n) is 2.63. The van der Waals surface area contributed by atoms with E-state index < -0.39 is 0 Å². The van der Waals surface area contributed by atoms with E-state index in [0.29, 0.717) is 12.4 Å². The van der Waals surface area contributed by atoms with Gasteiger partial charge in [-0.05, 0) is 48.6 Å². The van der Waals surface area contributed by atoms with Gasteiger partial charge in [0.2, 0.25) is 0 Å². The highest BCUT2D eigenvalue weighted by Crippen LogP contribution is 2.37. The summed E-state index contributed by atoms with van der Waals surface area (Å²) in [4.78, 5) is 0. The highest BCUT2D eigenvalue weighted by Gasteiger charge is 2.21. The first-order valence-corrected chi connectivity index (χ1v) is 7.48. The molecule has 0 spiro atoms. The number of hydrogen-bond acceptors (Lipinski definition) is 3. The minimum absolute atomic E-state index is 0.00831. The molecule has 110 valence electrons. The molecule has 1 heterocycles. The smallest absolute Gasteiger partial charge is 0.160 e. The van der Waals surface area contributed by atoms with Crippen LogP contribution in [0.15, 0.2) is 42.5 Å². The molecule has 2 aromatic rings. The number of aromatic hydroxyl groups is 1. The van der Waals surface area contributed by atoms with Crippen LogP contribution in [0.2, 0.25) is 0 Å². The van der Waals surface area contributed by atoms with Crippen LogP contribution in [-0.2, 0) is 6.42 Å². The first-order chi connectivity index (χ1) is 10.3. The second kappa shape index (κ2) is 6.08. The SMILES string of the molecule is CCCOc1ccc(C2CCc3ccccc3O2)cc1O. The summed E-state index contributed by atoms with van der Waals surface area (Å²) in [5.74, 6) is 1.67. The summed E-state index contributed by atoms with van der Waals surface area (Å²) in [5, 5.41) is 10.1. The summed E-state index contributed by atoms with van der Waals surface area (Å²) in [6, 6.07) is 13.7. The van der Waals surface area contributed by atoms with Crippen molar-refractivity contribution in [3.63, 3.8) is 0 Å². The number of fused-ring (bicyclic) bond motifs is 1. The van der Waals surface area contributed by atoms with Gasteiger partial charge in [-0.15, -0.1) is 0 Å². The van der Waals surface area contributed by atoms with E-state index >= 15 is 0 Å². The lowest BCUT2D eigenvalue weighted by molar-refractivity contribution is 0.176. The molecule has 0 aromatic heterocycles. The molecule has 1 N–H and O–H groups in total. The molecular weight excluding hydrogens is 264 g/mol. The lowest BCUT2D eigenvalue weighted by atomic mass is 9.97. The van der Waals surface area contributed by atoms with Crippen molar-refractivity contribution in [2.75, 3.05) is 6.61 Å². The van der Waals surface area contributed by atoms with Crippen LogP contribution in [0.25, 0.3) is 0 Å². The first kappa shape index (κ1) is 13.8. The van der Waals surface area contributed by atoms with E-state index in [0.717, 1.165) is 30.6 Å². The highest BCUT2D eigenvalue weighted by atomic mass is 16.5. The lowest BCUT2D eigenvalue weighted by Crippen LogP contribution is -2.15. The van der Waals surface area contributed by atoms with Crippen LogP contribution in [0.1, 0.15) is 37.0 Å². The van der Waals surface area contributed by atoms with Gasteiger partial charge >= 0.3 is 0 Å². The second-order valence-electron chi connectivity index (χ2n) is 5.33. The van der Waals surface area contributed by atoms with E-state index in [2.05, 4.69) is 6.07 Å². The Morgan fingerprint density at radius 2 is 2.10 bits per heavy atom. The Morgan fingerprint density at radius 1 is 1.24 bits per heavy atom. The number of phenolic OH excluding ortho intramolecular Hbond substituents is 1. The molecule has 0 saturated carbocycles. The molecule has 0 bridgehead atoms. The molecule has 2 aromatic carbocycles. The van der Waals surface area contributed by atoms with Crippen LogP contribution in [0.5, 0.6) is 17.2 Å². The highest BCUT2D eigenvalue weighted by molar-refractivity contribution is 5.44. The summed E-state index contributed by atoms with van der Waals surface area (Å²) < 4.78 is 11.5. The topological polar surface area (TPSA) is 38.7 Å². The van der Waals surface area contributed by atoms with Crippen molar-refractivity contribution in [3.05, 3.63) is 53.6 Å². The van der Waals surface area contributed by atoms with Crippen molar-refractivity contribution < 1.29 is 14.6 Å². The van der Waals surface area contributed by atoms with Crippen molar-refractivity contribution in [1.82, 2.24) is 0 Å². The van der Waals surface area contributed by atoms with Crippen molar-refractivity contribution in [1.29, 1.82) is 0 Å². The van der Waals surface area contributed by atoms with Gasteiger partial charge in [0.25, 0.3) is 0 Å². The molecule has 0 aliphatic carbocycles. The van der Waals surface area contributed by atoms with Gasteiger partial charge in [-0.1, -0.05) is 31.2 Å². The van der Waals surface area contributed by atoms with Gasteiger partial charge in [0.15, 0.2) is 11.5 Å². The molecule has 0 amide bonds. The number of ether oxygens (including phenoxy) is 2. The Hall–Kier alpha value is -2.16. The average Bonchev–Trinajstić information content (AvgIpc) is 2.53. The third kappa shape index (κ3) is 2.97. The van der Waals surface area contributed by atoms with E-state index in [4.69, 9.17) is 9.47 Å². The zero-order chi connectivity index (χ0) is 14.7. The summed E-state index contributed by atoms with van der Waals surface area (Å²) in [6.07, 6.45) is 2.83. The van der Waals surface area contributed by atoms with Crippen LogP contribution in [-0.4, -0.2) is 11.7 Å². The molecule has 3 rings (SSSR count). The van der Waals surface area contributed by atoms with E-state index in [9.17, 15) is 5.11 Å². The first-order valence-electron chi connectivity index (χ1n) is 7.48. The van der Waals surface area contributed by atoms with Crippen molar-refractivity contribution in [2.24, 2.45) is 0 Å². The number of para-hydroxylation sites is 1. The van der Waals surface area contributed by atoms with Crippen LogP contribution < -0.4 is 9.47 Å². The lowest BCUT2D eigenvalue weighted by Gasteiger charge is -2.26. The number of aryl methyl sites for hydroxylation is 1. The van der Waals surface area contributed by atoms with Crippen LogP contribution in [0, 0.1) is 0 Å². The van der Waals surface area contributed by atoms with Crippen molar-refractivity contribution in [2.45, 2.75) is 32.3 Å². The standard InChI is InChI=1S/C18H20O3/c1-2-11-20-18-10-8-14(12-15(18)19)17-9-7-13-5-3-4-6-16(13)21-17/h3-6,8,10,12,17,19H,2,7,9,11H2,1H3. The van der Waals surface area contributed by atoms with Gasteiger partial charge in [0.05, 0.1) is 6.61 Å². The van der Waals surface area contributed by atoms with Crippen LogP contribution in [0.3, 0.4) is 0 Å². The monoisotopic (exact) mass is 284 g/mol. The predicted molar refractivity (Wildman–Crippen MR) is 82.0 cm³/mol. The van der Waals surface area contributed by atoms with E-state index in [1.165, 1.54) is 5.56 Å². The second-order valence-corrected chi connectivity index (χ2v) is 5.33. The molecule has 21 heavy (non-hydrogen) atoms. The van der Waals surface area contributed by atoms with Gasteiger partial charge < -0.3 is 14.6 Å². The maximum absolute atomic E-state index is 10.1. The summed E-state index contributed by atoms with van der Waals surface area (Å²) in [7, 11) is 0. The third-order valence-corrected chi connectivity index (χ3v) is 3.73. The largest absolute Gasteiger partial charge is 0.504 e. The normalized spacial score (nSPS) is 16.9. The fraction of sp³-hybridized carbons (Fsp3) is 0.333. The molecule has 1 aliphatic heterocycles. The maximum Gasteiger partial charge on any atom is 0.160 e. The Labute approximate surface area is 125 Å². The van der Waals surface area contributed by atoms with E-state index in [1.807, 2.05) is 37.3 Å². The average molecular weight is 284 g/mol. The molecule has 1 atom stereocenters. The zero-order valence-corrected chi connectivity index (χ0v) is 12.2. The van der Waals surface area contributed by atoms with Gasteiger partial charge in [0.1, 0.15) is 11.9 Å². The maximum atomic E-state index is 10.1. The van der Waals surface area contributed by atoms with Crippen LogP contribution in [0.4, 0.5) is 0 Å². The van der Waals surface area contributed by atoms with Gasteiger partial charge in [-0.3, -0.25) is 0 Å². The Kier molecular flexibility index (Phi) is 4.00.